The maximum atomic E-state index is 12.4. The molecule has 0 saturated carbocycles. The lowest BCUT2D eigenvalue weighted by Gasteiger charge is -2.27. The van der Waals surface area contributed by atoms with Gasteiger partial charge in [-0.3, -0.25) is 4.79 Å². The summed E-state index contributed by atoms with van der Waals surface area (Å²) in [6.07, 6.45) is 28.2. The maximum Gasteiger partial charge on any atom is 0.249 e. The van der Waals surface area contributed by atoms with Gasteiger partial charge in [-0.1, -0.05) is 142 Å². The van der Waals surface area contributed by atoms with Crippen molar-refractivity contribution >= 4 is 5.91 Å². The fraction of sp³-hybridized carbons (Fsp3) is 0.912. The van der Waals surface area contributed by atoms with Gasteiger partial charge < -0.3 is 25.7 Å². The largest absolute Gasteiger partial charge is 0.394 e. The summed E-state index contributed by atoms with van der Waals surface area (Å²) in [5.74, 6) is -0.597. The highest BCUT2D eigenvalue weighted by Crippen LogP contribution is 2.14. The average molecular weight is 570 g/mol. The number of carbonyl (C=O) groups excluding carboxylic acids is 1. The van der Waals surface area contributed by atoms with Crippen molar-refractivity contribution in [3.05, 3.63) is 12.2 Å². The first-order valence-corrected chi connectivity index (χ1v) is 17.1. The molecular formula is C34H67NO5. The van der Waals surface area contributed by atoms with Crippen molar-refractivity contribution in [3.63, 3.8) is 0 Å². The third kappa shape index (κ3) is 23.7. The van der Waals surface area contributed by atoms with Gasteiger partial charge in [-0.05, 0) is 38.5 Å². The number of aliphatic hydroxyl groups is 4. The van der Waals surface area contributed by atoms with Crippen LogP contribution in [0.5, 0.6) is 0 Å². The van der Waals surface area contributed by atoms with Gasteiger partial charge in [-0.2, -0.15) is 0 Å². The van der Waals surface area contributed by atoms with Gasteiger partial charge in [0, 0.05) is 0 Å². The number of hydrogen-bond acceptors (Lipinski definition) is 5. The van der Waals surface area contributed by atoms with E-state index >= 15 is 0 Å². The summed E-state index contributed by atoms with van der Waals surface area (Å²) in [5, 5.41) is 43.1. The Labute approximate surface area is 247 Å². The third-order valence-corrected chi connectivity index (χ3v) is 7.98. The highest BCUT2D eigenvalue weighted by molar-refractivity contribution is 5.80. The van der Waals surface area contributed by atoms with E-state index in [2.05, 4.69) is 31.3 Å². The van der Waals surface area contributed by atoms with Crippen LogP contribution in [0.15, 0.2) is 12.2 Å². The quantitative estimate of drug-likeness (QED) is 0.0454. The van der Waals surface area contributed by atoms with Crippen molar-refractivity contribution in [1.29, 1.82) is 0 Å². The molecule has 0 rings (SSSR count). The fourth-order valence-corrected chi connectivity index (χ4v) is 5.16. The number of amides is 1. The van der Waals surface area contributed by atoms with Crippen LogP contribution in [0.25, 0.3) is 0 Å². The van der Waals surface area contributed by atoms with Crippen molar-refractivity contribution in [2.24, 2.45) is 0 Å². The molecule has 6 heteroatoms. The van der Waals surface area contributed by atoms with Crippen LogP contribution in [0, 0.1) is 0 Å². The predicted molar refractivity (Wildman–Crippen MR) is 168 cm³/mol. The number of hydrogen-bond donors (Lipinski definition) is 5. The molecule has 0 aromatic heterocycles. The van der Waals surface area contributed by atoms with E-state index < -0.39 is 36.9 Å². The van der Waals surface area contributed by atoms with Crippen LogP contribution in [-0.4, -0.2) is 57.3 Å². The molecular weight excluding hydrogens is 502 g/mol. The highest BCUT2D eigenvalue weighted by Gasteiger charge is 2.28. The monoisotopic (exact) mass is 570 g/mol. The van der Waals surface area contributed by atoms with E-state index in [-0.39, 0.29) is 0 Å². The molecule has 238 valence electrons. The average Bonchev–Trinajstić information content (AvgIpc) is 2.96. The molecule has 0 spiro atoms. The van der Waals surface area contributed by atoms with Crippen molar-refractivity contribution in [2.75, 3.05) is 6.61 Å². The molecule has 0 aromatic rings. The van der Waals surface area contributed by atoms with Crippen molar-refractivity contribution in [1.82, 2.24) is 5.32 Å². The normalized spacial score (nSPS) is 14.8. The Kier molecular flexibility index (Phi) is 28.8. The predicted octanol–water partition coefficient (Wildman–Crippen LogP) is 7.50. The van der Waals surface area contributed by atoms with Crippen molar-refractivity contribution in [3.8, 4) is 0 Å². The van der Waals surface area contributed by atoms with E-state index in [0.29, 0.717) is 12.8 Å². The number of unbranched alkanes of at least 4 members (excludes halogenated alkanes) is 19. The van der Waals surface area contributed by atoms with E-state index in [1.165, 1.54) is 89.9 Å². The minimum absolute atomic E-state index is 0.356. The Morgan fingerprint density at radius 2 is 1.00 bits per heavy atom. The molecule has 1 amide bonds. The molecule has 0 heterocycles. The second kappa shape index (κ2) is 29.5. The topological polar surface area (TPSA) is 110 Å². The fourth-order valence-electron chi connectivity index (χ4n) is 5.16. The number of aliphatic hydroxyl groups excluding tert-OH is 4. The smallest absolute Gasteiger partial charge is 0.249 e. The Bertz CT molecular complexity index is 571. The summed E-state index contributed by atoms with van der Waals surface area (Å²) in [5.41, 5.74) is 0. The molecule has 0 radical (unpaired) electrons. The van der Waals surface area contributed by atoms with Crippen LogP contribution in [0.4, 0.5) is 0 Å². The molecule has 0 aromatic carbocycles. The number of carbonyl (C=O) groups is 1. The van der Waals surface area contributed by atoms with Gasteiger partial charge >= 0.3 is 0 Å². The minimum Gasteiger partial charge on any atom is -0.394 e. The first-order chi connectivity index (χ1) is 19.5. The van der Waals surface area contributed by atoms with Crippen molar-refractivity contribution in [2.45, 2.75) is 192 Å². The standard InChI is InChI=1S/C34H67NO5/c1-3-5-7-9-11-12-13-14-15-16-17-18-19-20-22-24-26-28-32(38)34(40)35-30(29-36)33(39)31(37)27-25-23-21-10-8-6-4-2/h17-18,30-33,36-39H,3-16,19-29H2,1-2H3,(H,35,40)/b18-17-. The summed E-state index contributed by atoms with van der Waals surface area (Å²) >= 11 is 0. The van der Waals surface area contributed by atoms with Gasteiger partial charge in [-0.15, -0.1) is 0 Å². The number of allylic oxidation sites excluding steroid dienone is 2. The zero-order valence-corrected chi connectivity index (χ0v) is 26.3. The third-order valence-electron chi connectivity index (χ3n) is 7.98. The SMILES string of the molecule is CCCCCCCCCCC/C=C\CCCCCCC(O)C(=O)NC(CO)C(O)C(O)CCCCCCCCC. The lowest BCUT2D eigenvalue weighted by Crippen LogP contribution is -2.53. The maximum absolute atomic E-state index is 12.4. The molecule has 0 aliphatic carbocycles. The molecule has 6 nitrogen and oxygen atoms in total. The molecule has 0 aliphatic rings. The van der Waals surface area contributed by atoms with E-state index in [0.717, 1.165) is 51.4 Å². The van der Waals surface area contributed by atoms with Crippen LogP contribution >= 0.6 is 0 Å². The summed E-state index contributed by atoms with van der Waals surface area (Å²) in [6.45, 7) is 3.96. The molecule has 5 N–H and O–H groups in total. The van der Waals surface area contributed by atoms with Gasteiger partial charge in [0.05, 0.1) is 18.8 Å². The number of nitrogens with one attached hydrogen (secondary N) is 1. The Morgan fingerprint density at radius 1 is 0.600 bits per heavy atom. The molecule has 0 aliphatic heterocycles. The number of rotatable bonds is 30. The Hall–Kier alpha value is -0.950. The summed E-state index contributed by atoms with van der Waals surface area (Å²) in [7, 11) is 0. The van der Waals surface area contributed by atoms with Gasteiger partial charge in [0.15, 0.2) is 0 Å². The van der Waals surface area contributed by atoms with Crippen LogP contribution < -0.4 is 5.32 Å². The highest BCUT2D eigenvalue weighted by atomic mass is 16.3. The van der Waals surface area contributed by atoms with Crippen molar-refractivity contribution < 1.29 is 25.2 Å². The Balaban J connectivity index is 3.81. The van der Waals surface area contributed by atoms with Crippen LogP contribution in [0.3, 0.4) is 0 Å². The second-order valence-corrected chi connectivity index (χ2v) is 11.9. The zero-order valence-electron chi connectivity index (χ0n) is 26.3. The summed E-state index contributed by atoms with van der Waals surface area (Å²) in [6, 6.07) is -0.982. The molecule has 40 heavy (non-hydrogen) atoms. The minimum atomic E-state index is -1.25. The molecule has 0 saturated heterocycles. The van der Waals surface area contributed by atoms with E-state index in [1.807, 2.05) is 0 Å². The molecule has 0 fully saturated rings. The lowest BCUT2D eigenvalue weighted by atomic mass is 9.99. The lowest BCUT2D eigenvalue weighted by molar-refractivity contribution is -0.132. The second-order valence-electron chi connectivity index (χ2n) is 11.9. The van der Waals surface area contributed by atoms with E-state index in [9.17, 15) is 25.2 Å². The Morgan fingerprint density at radius 3 is 1.45 bits per heavy atom. The first kappa shape index (κ1) is 39.0. The van der Waals surface area contributed by atoms with E-state index in [1.54, 1.807) is 0 Å². The molecule has 4 unspecified atom stereocenters. The molecule has 4 atom stereocenters. The summed E-state index contributed by atoms with van der Waals surface area (Å²) in [4.78, 5) is 12.4. The van der Waals surface area contributed by atoms with Crippen LogP contribution in [0.1, 0.15) is 168 Å². The van der Waals surface area contributed by atoms with Gasteiger partial charge in [0.1, 0.15) is 12.2 Å². The summed E-state index contributed by atoms with van der Waals surface area (Å²) < 4.78 is 0. The van der Waals surface area contributed by atoms with Gasteiger partial charge in [0.2, 0.25) is 5.91 Å². The van der Waals surface area contributed by atoms with E-state index in [4.69, 9.17) is 0 Å². The van der Waals surface area contributed by atoms with Gasteiger partial charge in [-0.25, -0.2) is 0 Å². The zero-order chi connectivity index (χ0) is 29.7. The van der Waals surface area contributed by atoms with Gasteiger partial charge in [0.25, 0.3) is 0 Å². The van der Waals surface area contributed by atoms with Crippen LogP contribution in [0.2, 0.25) is 0 Å². The first-order valence-electron chi connectivity index (χ1n) is 17.1. The molecule has 0 bridgehead atoms. The van der Waals surface area contributed by atoms with Crippen LogP contribution in [-0.2, 0) is 4.79 Å².